The third-order valence-corrected chi connectivity index (χ3v) is 8.28. The van der Waals surface area contributed by atoms with Crippen LogP contribution in [0.25, 0.3) is 33.4 Å². The van der Waals surface area contributed by atoms with Crippen LogP contribution in [0, 0.1) is 12.1 Å². The first-order valence-electron chi connectivity index (χ1n) is 13.3. The second-order valence-corrected chi connectivity index (χ2v) is 11.5. The van der Waals surface area contributed by atoms with Gasteiger partial charge in [-0.05, 0) is 17.5 Å². The van der Waals surface area contributed by atoms with Gasteiger partial charge in [-0.1, -0.05) is 95.6 Å². The zero-order chi connectivity index (χ0) is 25.3. The summed E-state index contributed by atoms with van der Waals surface area (Å²) in [4.78, 5) is 0. The minimum atomic E-state index is 0. The topological polar surface area (TPSA) is 0 Å². The Balaban J connectivity index is 0.000000250. The van der Waals surface area contributed by atoms with Crippen LogP contribution in [-0.2, 0) is 30.7 Å². The molecule has 0 bridgehead atoms. The van der Waals surface area contributed by atoms with Crippen molar-refractivity contribution in [1.82, 2.24) is 0 Å². The normalized spacial score (nSPS) is 13.9. The molecule has 0 nitrogen and oxygen atoms in total. The van der Waals surface area contributed by atoms with E-state index in [2.05, 4.69) is 109 Å². The first-order chi connectivity index (χ1) is 18.3. The first-order valence-corrected chi connectivity index (χ1v) is 14.6. The van der Waals surface area contributed by atoms with Gasteiger partial charge in [0.25, 0.3) is 0 Å². The van der Waals surface area contributed by atoms with Crippen LogP contribution in [-0.4, -0.2) is 3.21 Å². The average molecular weight is 627 g/mol. The summed E-state index contributed by atoms with van der Waals surface area (Å²) in [5, 5.41) is 0. The van der Waals surface area contributed by atoms with Crippen LogP contribution in [0.1, 0.15) is 49.7 Å². The Morgan fingerprint density at radius 2 is 1.28 bits per heavy atom. The Morgan fingerprint density at radius 3 is 1.82 bits per heavy atom. The SMILES string of the molecule is [C-]1=CC=CC1.[Cl-].[Cl-].[Zr+2]=[C]1CCCCC1.[c-]1cc(-c2ccccc2)cc2c1Cc1ccc(-c3ccccc3)cc1-2. The molecule has 7 rings (SSSR count). The first kappa shape index (κ1) is 31.2. The third-order valence-electron chi connectivity index (χ3n) is 7.05. The van der Waals surface area contributed by atoms with E-state index in [1.807, 2.05) is 12.2 Å². The summed E-state index contributed by atoms with van der Waals surface area (Å²) >= 11 is 1.69. The number of fused-ring (bicyclic) bond motifs is 3. The van der Waals surface area contributed by atoms with E-state index in [0.717, 1.165) is 12.8 Å². The van der Waals surface area contributed by atoms with Gasteiger partial charge in [0.05, 0.1) is 0 Å². The molecule has 3 aliphatic rings. The zero-order valence-electron chi connectivity index (χ0n) is 22.1. The largest absolute Gasteiger partial charge is 0.179 e. The standard InChI is InChI=1S/C25H17.C6H10.C5H5.2ClH.Zr/c1-3-7-18(8-4-1)20-11-13-22-15-23-14-12-21(17-25(23)24(22)16-20)19-9-5-2-6-10-19;1-2-4-6-5-3-1;1-2-4-5-3-1;;;/h1-13,16-17H,15H2;1-5H2;1-3H,4H2;2*1H;/q-1;;-1;;;+2/p-2. The Morgan fingerprint density at radius 1 is 0.641 bits per heavy atom. The molecule has 196 valence electrons. The van der Waals surface area contributed by atoms with Crippen LogP contribution < -0.4 is 24.8 Å². The summed E-state index contributed by atoms with van der Waals surface area (Å²) < 4.78 is 1.80. The Hall–Kier alpha value is -2.31. The smallest absolute Gasteiger partial charge is 0.0184 e. The fourth-order valence-corrected chi connectivity index (χ4v) is 5.88. The van der Waals surface area contributed by atoms with E-state index in [-0.39, 0.29) is 24.8 Å². The average Bonchev–Trinajstić information content (AvgIpc) is 3.66. The van der Waals surface area contributed by atoms with Gasteiger partial charge in [-0.3, -0.25) is 6.08 Å². The van der Waals surface area contributed by atoms with E-state index in [4.69, 9.17) is 0 Å². The van der Waals surface area contributed by atoms with Crippen LogP contribution in [0.5, 0.6) is 0 Å². The predicted molar refractivity (Wildman–Crippen MR) is 154 cm³/mol. The fraction of sp³-hybridized carbons (Fsp3) is 0.194. The van der Waals surface area contributed by atoms with Crippen molar-refractivity contribution in [2.45, 2.75) is 44.9 Å². The molecule has 4 aromatic rings. The van der Waals surface area contributed by atoms with Gasteiger partial charge >= 0.3 is 59.5 Å². The maximum atomic E-state index is 3.52. The summed E-state index contributed by atoms with van der Waals surface area (Å²) in [5.41, 5.74) is 10.4. The molecule has 0 aromatic heterocycles. The molecule has 0 aliphatic heterocycles. The van der Waals surface area contributed by atoms with Crippen molar-refractivity contribution >= 4 is 3.21 Å². The summed E-state index contributed by atoms with van der Waals surface area (Å²) in [5.74, 6) is 0. The Kier molecular flexibility index (Phi) is 12.9. The number of benzene rings is 4. The molecule has 0 amide bonds. The molecule has 0 N–H and O–H groups in total. The molecule has 0 atom stereocenters. The van der Waals surface area contributed by atoms with E-state index in [9.17, 15) is 0 Å². The molecule has 0 heterocycles. The maximum Gasteiger partial charge on any atom is -0.0184 e. The monoisotopic (exact) mass is 624 g/mol. The fourth-order valence-electron chi connectivity index (χ4n) is 5.01. The third kappa shape index (κ3) is 8.59. The van der Waals surface area contributed by atoms with Crippen LogP contribution in [0.15, 0.2) is 109 Å². The predicted octanol–water partition coefficient (Wildman–Crippen LogP) is 3.38. The van der Waals surface area contributed by atoms with Gasteiger partial charge in [0.2, 0.25) is 0 Å². The Bertz CT molecular complexity index is 1300. The summed E-state index contributed by atoms with van der Waals surface area (Å²) in [6.45, 7) is 0. The Labute approximate surface area is 261 Å². The number of hydrogen-bond acceptors (Lipinski definition) is 0. The molecule has 3 aliphatic carbocycles. The molecule has 0 saturated heterocycles. The van der Waals surface area contributed by atoms with Crippen molar-refractivity contribution in [3.63, 3.8) is 0 Å². The molecule has 0 spiro atoms. The molecule has 1 fully saturated rings. The second-order valence-electron chi connectivity index (χ2n) is 9.73. The second kappa shape index (κ2) is 16.1. The number of rotatable bonds is 2. The van der Waals surface area contributed by atoms with E-state index < -0.39 is 0 Å². The van der Waals surface area contributed by atoms with Crippen LogP contribution in [0.2, 0.25) is 0 Å². The molecule has 1 saturated carbocycles. The van der Waals surface area contributed by atoms with Crippen LogP contribution in [0.3, 0.4) is 0 Å². The van der Waals surface area contributed by atoms with Gasteiger partial charge in [0.1, 0.15) is 0 Å². The maximum absolute atomic E-state index is 3.52. The minimum Gasteiger partial charge on any atom is -0.179 e. The van der Waals surface area contributed by atoms with Crippen molar-refractivity contribution < 1.29 is 49.0 Å². The van der Waals surface area contributed by atoms with Crippen molar-refractivity contribution in [3.05, 3.63) is 132 Å². The molecule has 0 radical (unpaired) electrons. The number of halogens is 2. The zero-order valence-corrected chi connectivity index (χ0v) is 26.1. The van der Waals surface area contributed by atoms with Gasteiger partial charge in [0.15, 0.2) is 0 Å². The summed E-state index contributed by atoms with van der Waals surface area (Å²) in [6, 6.07) is 35.9. The molecular weight excluding hydrogens is 595 g/mol. The van der Waals surface area contributed by atoms with Gasteiger partial charge < -0.3 is 24.8 Å². The number of hydrogen-bond donors (Lipinski definition) is 0. The molecule has 4 aromatic carbocycles. The van der Waals surface area contributed by atoms with Crippen LogP contribution in [0.4, 0.5) is 0 Å². The van der Waals surface area contributed by atoms with Crippen molar-refractivity contribution in [3.8, 4) is 33.4 Å². The molecule has 39 heavy (non-hydrogen) atoms. The van der Waals surface area contributed by atoms with Gasteiger partial charge in [-0.25, -0.2) is 12.2 Å². The molecular formula is C36H32Cl2Zr-2. The molecule has 3 heteroatoms. The minimum absolute atomic E-state index is 0. The van der Waals surface area contributed by atoms with Crippen molar-refractivity contribution in [2.24, 2.45) is 0 Å². The molecule has 0 unspecified atom stereocenters. The van der Waals surface area contributed by atoms with E-state index in [1.165, 1.54) is 76.6 Å². The summed E-state index contributed by atoms with van der Waals surface area (Å²) in [6.07, 6.45) is 18.3. The van der Waals surface area contributed by atoms with Crippen molar-refractivity contribution in [2.75, 3.05) is 0 Å². The van der Waals surface area contributed by atoms with Gasteiger partial charge in [-0.2, -0.15) is 29.8 Å². The number of allylic oxidation sites excluding steroid dienone is 4. The summed E-state index contributed by atoms with van der Waals surface area (Å²) in [7, 11) is 0. The van der Waals surface area contributed by atoms with Gasteiger partial charge in [-0.15, -0.1) is 17.5 Å². The van der Waals surface area contributed by atoms with Crippen LogP contribution >= 0.6 is 0 Å². The quantitative estimate of drug-likeness (QED) is 0.264. The van der Waals surface area contributed by atoms with Crippen molar-refractivity contribution in [1.29, 1.82) is 0 Å². The van der Waals surface area contributed by atoms with Gasteiger partial charge in [0, 0.05) is 0 Å². The van der Waals surface area contributed by atoms with E-state index in [1.54, 1.807) is 27.4 Å². The van der Waals surface area contributed by atoms with E-state index in [0.29, 0.717) is 0 Å². The van der Waals surface area contributed by atoms with E-state index >= 15 is 0 Å².